The highest BCUT2D eigenvalue weighted by atomic mass is 16.7. The van der Waals surface area contributed by atoms with Crippen LogP contribution in [0.3, 0.4) is 0 Å². The Bertz CT molecular complexity index is 897. The number of benzene rings is 2. The molecule has 1 saturated heterocycles. The normalized spacial score (nSPS) is 17.7. The Hall–Kier alpha value is -2.82. The molecule has 1 fully saturated rings. The van der Waals surface area contributed by atoms with E-state index in [1.54, 1.807) is 0 Å². The maximum atomic E-state index is 12.8. The first-order valence-electron chi connectivity index (χ1n) is 10.5. The van der Waals surface area contributed by atoms with Crippen LogP contribution in [0.4, 0.5) is 10.5 Å². The van der Waals surface area contributed by atoms with Gasteiger partial charge in [0.1, 0.15) is 5.60 Å². The lowest BCUT2D eigenvalue weighted by Gasteiger charge is -2.37. The van der Waals surface area contributed by atoms with Gasteiger partial charge in [0.2, 0.25) is 0 Å². The number of aryl methyl sites for hydroxylation is 2. The highest BCUT2D eigenvalue weighted by Gasteiger charge is 2.43. The van der Waals surface area contributed by atoms with Crippen molar-refractivity contribution in [1.82, 2.24) is 4.90 Å². The molecule has 5 heteroatoms. The lowest BCUT2D eigenvalue weighted by atomic mass is 9.85. The molecule has 0 radical (unpaired) electrons. The van der Waals surface area contributed by atoms with Crippen LogP contribution in [0.2, 0.25) is 0 Å². The Balaban J connectivity index is 1.34. The van der Waals surface area contributed by atoms with E-state index in [1.807, 2.05) is 23.1 Å². The van der Waals surface area contributed by atoms with Gasteiger partial charge in [-0.2, -0.15) is 0 Å². The SMILES string of the molecule is CCCc1ccccc1NC(=O)N1CCC2(CC1)CC(c1ccc(C)cc1)=NO2. The van der Waals surface area contributed by atoms with Gasteiger partial charge in [0, 0.05) is 38.0 Å². The molecule has 5 nitrogen and oxygen atoms in total. The summed E-state index contributed by atoms with van der Waals surface area (Å²) in [5.41, 5.74) is 5.21. The zero-order valence-corrected chi connectivity index (χ0v) is 17.3. The predicted octanol–water partition coefficient (Wildman–Crippen LogP) is 5.14. The van der Waals surface area contributed by atoms with E-state index >= 15 is 0 Å². The summed E-state index contributed by atoms with van der Waals surface area (Å²) in [6.07, 6.45) is 4.43. The van der Waals surface area contributed by atoms with Crippen molar-refractivity contribution >= 4 is 17.4 Å². The molecule has 4 rings (SSSR count). The van der Waals surface area contributed by atoms with E-state index in [1.165, 1.54) is 11.1 Å². The Morgan fingerprint density at radius 2 is 1.86 bits per heavy atom. The van der Waals surface area contributed by atoms with Crippen LogP contribution in [0.25, 0.3) is 0 Å². The van der Waals surface area contributed by atoms with Crippen LogP contribution in [0.5, 0.6) is 0 Å². The van der Waals surface area contributed by atoms with Crippen LogP contribution in [-0.2, 0) is 11.3 Å². The zero-order chi connectivity index (χ0) is 20.3. The van der Waals surface area contributed by atoms with E-state index in [0.717, 1.165) is 49.1 Å². The third-order valence-electron chi connectivity index (χ3n) is 5.96. The van der Waals surface area contributed by atoms with Gasteiger partial charge < -0.3 is 15.1 Å². The fraction of sp³-hybridized carbons (Fsp3) is 0.417. The lowest BCUT2D eigenvalue weighted by Crippen LogP contribution is -2.48. The molecule has 152 valence electrons. The molecule has 0 bridgehead atoms. The second kappa shape index (κ2) is 8.27. The molecule has 2 aromatic carbocycles. The first-order valence-corrected chi connectivity index (χ1v) is 10.5. The fourth-order valence-electron chi connectivity index (χ4n) is 4.13. The van der Waals surface area contributed by atoms with Crippen molar-refractivity contribution in [2.24, 2.45) is 5.16 Å². The summed E-state index contributed by atoms with van der Waals surface area (Å²) in [6, 6.07) is 16.4. The molecule has 1 spiro atoms. The van der Waals surface area contributed by atoms with Gasteiger partial charge in [0.05, 0.1) is 5.71 Å². The van der Waals surface area contributed by atoms with Crippen molar-refractivity contribution < 1.29 is 9.63 Å². The minimum atomic E-state index is -0.267. The molecule has 2 heterocycles. The number of carbonyl (C=O) groups is 1. The number of likely N-dealkylation sites (tertiary alicyclic amines) is 1. The number of para-hydroxylation sites is 1. The number of anilines is 1. The summed E-state index contributed by atoms with van der Waals surface area (Å²) in [5.74, 6) is 0. The summed E-state index contributed by atoms with van der Waals surface area (Å²) in [6.45, 7) is 5.59. The van der Waals surface area contributed by atoms with Gasteiger partial charge >= 0.3 is 6.03 Å². The topological polar surface area (TPSA) is 53.9 Å². The van der Waals surface area contributed by atoms with E-state index in [2.05, 4.69) is 54.7 Å². The third kappa shape index (κ3) is 4.29. The van der Waals surface area contributed by atoms with Crippen LogP contribution in [0, 0.1) is 6.92 Å². The number of nitrogens with zero attached hydrogens (tertiary/aromatic N) is 2. The average molecular weight is 392 g/mol. The maximum absolute atomic E-state index is 12.8. The minimum Gasteiger partial charge on any atom is -0.388 e. The van der Waals surface area contributed by atoms with Crippen molar-refractivity contribution in [2.45, 2.75) is 51.6 Å². The number of rotatable bonds is 4. The number of carbonyl (C=O) groups excluding carboxylic acids is 1. The highest BCUT2D eigenvalue weighted by molar-refractivity contribution is 6.01. The Morgan fingerprint density at radius 1 is 1.14 bits per heavy atom. The molecule has 2 aromatic rings. The van der Waals surface area contributed by atoms with Gasteiger partial charge in [0.25, 0.3) is 0 Å². The first kappa shape index (κ1) is 19.5. The average Bonchev–Trinajstić information content (AvgIpc) is 3.14. The number of oxime groups is 1. The van der Waals surface area contributed by atoms with Gasteiger partial charge in [0.15, 0.2) is 0 Å². The second-order valence-electron chi connectivity index (χ2n) is 8.18. The third-order valence-corrected chi connectivity index (χ3v) is 5.96. The zero-order valence-electron chi connectivity index (χ0n) is 17.3. The number of hydrogen-bond donors (Lipinski definition) is 1. The van der Waals surface area contributed by atoms with Crippen LogP contribution >= 0.6 is 0 Å². The molecule has 0 atom stereocenters. The second-order valence-corrected chi connectivity index (χ2v) is 8.18. The standard InChI is InChI=1S/C24H29N3O2/c1-3-6-19-7-4-5-8-21(19)25-23(28)27-15-13-24(14-16-27)17-22(26-29-24)20-11-9-18(2)10-12-20/h4-5,7-12H,3,6,13-17H2,1-2H3,(H,25,28). The van der Waals surface area contributed by atoms with E-state index in [9.17, 15) is 4.79 Å². The molecular weight excluding hydrogens is 362 g/mol. The number of nitrogens with one attached hydrogen (secondary N) is 1. The van der Waals surface area contributed by atoms with Gasteiger partial charge in [-0.3, -0.25) is 0 Å². The monoisotopic (exact) mass is 391 g/mol. The molecule has 0 saturated carbocycles. The van der Waals surface area contributed by atoms with Crippen LogP contribution in [0.1, 0.15) is 49.3 Å². The van der Waals surface area contributed by atoms with Crippen molar-refractivity contribution in [3.05, 3.63) is 65.2 Å². The summed E-state index contributed by atoms with van der Waals surface area (Å²) in [5, 5.41) is 7.48. The van der Waals surface area contributed by atoms with Crippen LogP contribution in [-0.4, -0.2) is 35.3 Å². The largest absolute Gasteiger partial charge is 0.388 e. The molecule has 2 aliphatic heterocycles. The Kier molecular flexibility index (Phi) is 5.56. The van der Waals surface area contributed by atoms with Crippen molar-refractivity contribution in [1.29, 1.82) is 0 Å². The number of amides is 2. The number of piperidine rings is 1. The molecule has 0 aliphatic carbocycles. The number of urea groups is 1. The van der Waals surface area contributed by atoms with Crippen molar-refractivity contribution in [2.75, 3.05) is 18.4 Å². The minimum absolute atomic E-state index is 0.0268. The first-order chi connectivity index (χ1) is 14.1. The summed E-state index contributed by atoms with van der Waals surface area (Å²) >= 11 is 0. The van der Waals surface area contributed by atoms with Crippen molar-refractivity contribution in [3.8, 4) is 0 Å². The van der Waals surface area contributed by atoms with Crippen LogP contribution < -0.4 is 5.32 Å². The van der Waals surface area contributed by atoms with Gasteiger partial charge in [-0.15, -0.1) is 0 Å². The Morgan fingerprint density at radius 3 is 2.59 bits per heavy atom. The lowest BCUT2D eigenvalue weighted by molar-refractivity contribution is -0.0544. The van der Waals surface area contributed by atoms with Crippen molar-refractivity contribution in [3.63, 3.8) is 0 Å². The van der Waals surface area contributed by atoms with E-state index < -0.39 is 0 Å². The van der Waals surface area contributed by atoms with Gasteiger partial charge in [-0.1, -0.05) is 66.5 Å². The van der Waals surface area contributed by atoms with E-state index in [-0.39, 0.29) is 11.6 Å². The highest BCUT2D eigenvalue weighted by Crippen LogP contribution is 2.36. The van der Waals surface area contributed by atoms with E-state index in [4.69, 9.17) is 4.84 Å². The number of hydrogen-bond acceptors (Lipinski definition) is 3. The van der Waals surface area contributed by atoms with Crippen LogP contribution in [0.15, 0.2) is 53.7 Å². The van der Waals surface area contributed by atoms with E-state index in [0.29, 0.717) is 13.1 Å². The molecule has 29 heavy (non-hydrogen) atoms. The smallest absolute Gasteiger partial charge is 0.321 e. The molecule has 2 aliphatic rings. The molecule has 0 unspecified atom stereocenters. The molecule has 2 amide bonds. The fourth-order valence-corrected chi connectivity index (χ4v) is 4.13. The molecule has 0 aromatic heterocycles. The van der Waals surface area contributed by atoms with Gasteiger partial charge in [-0.05, 0) is 30.5 Å². The quantitative estimate of drug-likeness (QED) is 0.785. The Labute approximate surface area is 172 Å². The summed E-state index contributed by atoms with van der Waals surface area (Å²) < 4.78 is 0. The maximum Gasteiger partial charge on any atom is 0.321 e. The predicted molar refractivity (Wildman–Crippen MR) is 116 cm³/mol. The molecule has 1 N–H and O–H groups in total. The summed E-state index contributed by atoms with van der Waals surface area (Å²) in [4.78, 5) is 20.6. The van der Waals surface area contributed by atoms with Gasteiger partial charge in [-0.25, -0.2) is 4.79 Å². The molecular formula is C24H29N3O2. The summed E-state index contributed by atoms with van der Waals surface area (Å²) in [7, 11) is 0.